The third kappa shape index (κ3) is 3.61. The van der Waals surface area contributed by atoms with E-state index in [9.17, 15) is 4.39 Å². The number of hydrogen-bond acceptors (Lipinski definition) is 2. The van der Waals surface area contributed by atoms with Crippen LogP contribution in [0.5, 0.6) is 0 Å². The van der Waals surface area contributed by atoms with Crippen molar-refractivity contribution in [2.75, 3.05) is 0 Å². The van der Waals surface area contributed by atoms with Gasteiger partial charge in [-0.05, 0) is 30.2 Å². The fourth-order valence-electron chi connectivity index (χ4n) is 1.92. The number of benzene rings is 1. The molecule has 2 N–H and O–H groups in total. The summed E-state index contributed by atoms with van der Waals surface area (Å²) >= 11 is 3.23. The zero-order chi connectivity index (χ0) is 13.8. The standard InChI is InChI=1S/C15H16BrFN2/c1-2-10-3-5-12(19-9-10)8-15(18)13-6-4-11(16)7-14(13)17/h3-7,9,15H,2,8,18H2,1H3. The Labute approximate surface area is 121 Å². The van der Waals surface area contributed by atoms with Crippen LogP contribution >= 0.6 is 15.9 Å². The van der Waals surface area contributed by atoms with Crippen LogP contribution in [-0.2, 0) is 12.8 Å². The number of pyridine rings is 1. The van der Waals surface area contributed by atoms with Crippen LogP contribution in [0.1, 0.15) is 29.8 Å². The lowest BCUT2D eigenvalue weighted by Crippen LogP contribution is -2.15. The largest absolute Gasteiger partial charge is 0.324 e. The van der Waals surface area contributed by atoms with Crippen molar-refractivity contribution in [2.45, 2.75) is 25.8 Å². The molecular formula is C15H16BrFN2. The van der Waals surface area contributed by atoms with E-state index in [1.54, 1.807) is 12.1 Å². The highest BCUT2D eigenvalue weighted by molar-refractivity contribution is 9.10. The lowest BCUT2D eigenvalue weighted by molar-refractivity contribution is 0.577. The number of aryl methyl sites for hydroxylation is 1. The Morgan fingerprint density at radius 1 is 1.32 bits per heavy atom. The molecule has 2 nitrogen and oxygen atoms in total. The summed E-state index contributed by atoms with van der Waals surface area (Å²) < 4.78 is 14.5. The van der Waals surface area contributed by atoms with Crippen LogP contribution in [-0.4, -0.2) is 4.98 Å². The SMILES string of the molecule is CCc1ccc(CC(N)c2ccc(Br)cc2F)nc1. The Morgan fingerprint density at radius 2 is 2.11 bits per heavy atom. The first-order valence-corrected chi connectivity index (χ1v) is 7.03. The number of hydrogen-bond donors (Lipinski definition) is 1. The van der Waals surface area contributed by atoms with E-state index < -0.39 is 0 Å². The predicted octanol–water partition coefficient (Wildman–Crippen LogP) is 3.79. The van der Waals surface area contributed by atoms with Crippen molar-refractivity contribution < 1.29 is 4.39 Å². The van der Waals surface area contributed by atoms with Gasteiger partial charge >= 0.3 is 0 Å². The monoisotopic (exact) mass is 322 g/mol. The molecule has 0 saturated heterocycles. The van der Waals surface area contributed by atoms with Gasteiger partial charge in [-0.15, -0.1) is 0 Å². The fraction of sp³-hybridized carbons (Fsp3) is 0.267. The molecule has 0 spiro atoms. The first-order valence-electron chi connectivity index (χ1n) is 6.24. The topological polar surface area (TPSA) is 38.9 Å². The Hall–Kier alpha value is -1.26. The highest BCUT2D eigenvalue weighted by Gasteiger charge is 2.13. The van der Waals surface area contributed by atoms with Gasteiger partial charge in [0, 0.05) is 34.4 Å². The minimum Gasteiger partial charge on any atom is -0.324 e. The summed E-state index contributed by atoms with van der Waals surface area (Å²) in [5.74, 6) is -0.285. The van der Waals surface area contributed by atoms with Gasteiger partial charge in [0.2, 0.25) is 0 Å². The molecule has 0 fully saturated rings. The van der Waals surface area contributed by atoms with E-state index in [0.29, 0.717) is 16.5 Å². The molecule has 0 radical (unpaired) electrons. The number of aromatic nitrogens is 1. The summed E-state index contributed by atoms with van der Waals surface area (Å²) in [6.45, 7) is 2.08. The zero-order valence-electron chi connectivity index (χ0n) is 10.7. The van der Waals surface area contributed by atoms with Crippen LogP contribution in [0.15, 0.2) is 41.0 Å². The second-order valence-electron chi connectivity index (χ2n) is 4.49. The maximum Gasteiger partial charge on any atom is 0.129 e. The molecule has 0 aliphatic rings. The maximum atomic E-state index is 13.8. The highest BCUT2D eigenvalue weighted by atomic mass is 79.9. The Balaban J connectivity index is 2.13. The molecular weight excluding hydrogens is 307 g/mol. The average Bonchev–Trinajstić information content (AvgIpc) is 2.39. The minimum atomic E-state index is -0.381. The van der Waals surface area contributed by atoms with Crippen molar-refractivity contribution in [1.29, 1.82) is 0 Å². The van der Waals surface area contributed by atoms with Crippen molar-refractivity contribution in [2.24, 2.45) is 5.73 Å². The fourth-order valence-corrected chi connectivity index (χ4v) is 2.26. The molecule has 1 aromatic heterocycles. The molecule has 2 rings (SSSR count). The van der Waals surface area contributed by atoms with Gasteiger partial charge in [0.05, 0.1) is 0 Å². The number of nitrogens with two attached hydrogens (primary N) is 1. The molecule has 0 amide bonds. The normalized spacial score (nSPS) is 12.4. The molecule has 0 saturated carbocycles. The van der Waals surface area contributed by atoms with Gasteiger partial charge in [0.15, 0.2) is 0 Å². The van der Waals surface area contributed by atoms with Crippen molar-refractivity contribution >= 4 is 15.9 Å². The smallest absolute Gasteiger partial charge is 0.129 e. The van der Waals surface area contributed by atoms with Gasteiger partial charge < -0.3 is 5.73 Å². The molecule has 0 bridgehead atoms. The number of nitrogens with zero attached hydrogens (tertiary/aromatic N) is 1. The second-order valence-corrected chi connectivity index (χ2v) is 5.40. The van der Waals surface area contributed by atoms with Crippen LogP contribution in [0.4, 0.5) is 4.39 Å². The lowest BCUT2D eigenvalue weighted by atomic mass is 10.0. The molecule has 1 heterocycles. The summed E-state index contributed by atoms with van der Waals surface area (Å²) in [5, 5.41) is 0. The molecule has 0 aliphatic carbocycles. The van der Waals surface area contributed by atoms with E-state index in [1.807, 2.05) is 18.3 Å². The number of rotatable bonds is 4. The molecule has 4 heteroatoms. The van der Waals surface area contributed by atoms with Crippen LogP contribution in [0.2, 0.25) is 0 Å². The molecule has 2 aromatic rings. The Morgan fingerprint density at radius 3 is 2.68 bits per heavy atom. The molecule has 1 aromatic carbocycles. The third-order valence-corrected chi connectivity index (χ3v) is 3.58. The second kappa shape index (κ2) is 6.26. The molecule has 100 valence electrons. The minimum absolute atomic E-state index is 0.285. The average molecular weight is 323 g/mol. The highest BCUT2D eigenvalue weighted by Crippen LogP contribution is 2.22. The van der Waals surface area contributed by atoms with E-state index >= 15 is 0 Å². The lowest BCUT2D eigenvalue weighted by Gasteiger charge is -2.13. The first kappa shape index (κ1) is 14.2. The van der Waals surface area contributed by atoms with E-state index in [-0.39, 0.29) is 11.9 Å². The molecule has 0 aliphatic heterocycles. The summed E-state index contributed by atoms with van der Waals surface area (Å²) in [5.41, 5.74) is 8.64. The van der Waals surface area contributed by atoms with Crippen molar-refractivity contribution in [3.8, 4) is 0 Å². The van der Waals surface area contributed by atoms with Crippen LogP contribution in [0, 0.1) is 5.82 Å². The summed E-state index contributed by atoms with van der Waals surface area (Å²) in [4.78, 5) is 4.35. The van der Waals surface area contributed by atoms with Crippen LogP contribution < -0.4 is 5.73 Å². The van der Waals surface area contributed by atoms with E-state index in [4.69, 9.17) is 5.73 Å². The van der Waals surface area contributed by atoms with E-state index in [0.717, 1.165) is 12.1 Å². The Kier molecular flexibility index (Phi) is 4.66. The summed E-state index contributed by atoms with van der Waals surface area (Å²) in [6.07, 6.45) is 3.34. The molecule has 1 atom stereocenters. The number of halogens is 2. The quantitative estimate of drug-likeness (QED) is 0.930. The van der Waals surface area contributed by atoms with Crippen molar-refractivity contribution in [3.05, 3.63) is 63.6 Å². The first-order chi connectivity index (χ1) is 9.10. The van der Waals surface area contributed by atoms with Gasteiger partial charge in [0.25, 0.3) is 0 Å². The van der Waals surface area contributed by atoms with E-state index in [1.165, 1.54) is 11.6 Å². The van der Waals surface area contributed by atoms with Crippen molar-refractivity contribution in [3.63, 3.8) is 0 Å². The summed E-state index contributed by atoms with van der Waals surface area (Å²) in [6, 6.07) is 8.55. The van der Waals surface area contributed by atoms with Crippen LogP contribution in [0.25, 0.3) is 0 Å². The molecule has 1 unspecified atom stereocenters. The summed E-state index contributed by atoms with van der Waals surface area (Å²) in [7, 11) is 0. The van der Waals surface area contributed by atoms with E-state index in [2.05, 4.69) is 27.8 Å². The van der Waals surface area contributed by atoms with Gasteiger partial charge in [0.1, 0.15) is 5.82 Å². The van der Waals surface area contributed by atoms with Gasteiger partial charge in [-0.25, -0.2) is 4.39 Å². The Bertz CT molecular complexity index is 555. The van der Waals surface area contributed by atoms with Gasteiger partial charge in [-0.3, -0.25) is 4.98 Å². The van der Waals surface area contributed by atoms with Gasteiger partial charge in [-0.1, -0.05) is 35.0 Å². The van der Waals surface area contributed by atoms with Crippen LogP contribution in [0.3, 0.4) is 0 Å². The van der Waals surface area contributed by atoms with Gasteiger partial charge in [-0.2, -0.15) is 0 Å². The molecule has 19 heavy (non-hydrogen) atoms. The maximum absolute atomic E-state index is 13.8. The predicted molar refractivity (Wildman–Crippen MR) is 78.3 cm³/mol. The van der Waals surface area contributed by atoms with Crippen molar-refractivity contribution in [1.82, 2.24) is 4.98 Å². The third-order valence-electron chi connectivity index (χ3n) is 3.09. The zero-order valence-corrected chi connectivity index (χ0v) is 12.3.